The highest BCUT2D eigenvalue weighted by atomic mass is 32.2. The molecule has 1 unspecified atom stereocenters. The number of allylic oxidation sites excluding steroid dienone is 1. The van der Waals surface area contributed by atoms with E-state index in [4.69, 9.17) is 0 Å². The molecule has 0 fully saturated rings. The Balaban J connectivity index is 3.45. The topological polar surface area (TPSA) is 0 Å². The minimum atomic E-state index is 0.837. The lowest BCUT2D eigenvalue weighted by atomic mass is 10.1. The van der Waals surface area contributed by atoms with Crippen molar-refractivity contribution in [1.29, 1.82) is 0 Å². The van der Waals surface area contributed by atoms with Gasteiger partial charge in [-0.2, -0.15) is 11.8 Å². The molecule has 0 heterocycles. The first-order valence-electron chi connectivity index (χ1n) is 6.07. The zero-order valence-electron chi connectivity index (χ0n) is 9.93. The quantitative estimate of drug-likeness (QED) is 0.362. The van der Waals surface area contributed by atoms with Gasteiger partial charge in [0.15, 0.2) is 0 Å². The van der Waals surface area contributed by atoms with Gasteiger partial charge in [-0.25, -0.2) is 0 Å². The normalized spacial score (nSPS) is 12.7. The van der Waals surface area contributed by atoms with E-state index >= 15 is 0 Å². The van der Waals surface area contributed by atoms with Crippen LogP contribution in [0.2, 0.25) is 0 Å². The number of hydrogen-bond acceptors (Lipinski definition) is 1. The van der Waals surface area contributed by atoms with E-state index in [-0.39, 0.29) is 0 Å². The van der Waals surface area contributed by atoms with Crippen molar-refractivity contribution in [3.63, 3.8) is 0 Å². The van der Waals surface area contributed by atoms with Crippen molar-refractivity contribution < 1.29 is 0 Å². The van der Waals surface area contributed by atoms with Crippen molar-refractivity contribution >= 4 is 11.8 Å². The standard InChI is InChI=1S/C13H26S/c1-4-7-8-9-11-13(10-5-2)14-12-6-3/h5,13H,2,4,6-12H2,1,3H3. The molecule has 0 saturated heterocycles. The molecule has 0 saturated carbocycles. The molecule has 0 amide bonds. The minimum Gasteiger partial charge on any atom is -0.158 e. The molecule has 0 aromatic carbocycles. The molecule has 0 bridgehead atoms. The average Bonchev–Trinajstić information content (AvgIpc) is 2.20. The van der Waals surface area contributed by atoms with Crippen LogP contribution in [0.1, 0.15) is 58.8 Å². The monoisotopic (exact) mass is 214 g/mol. The van der Waals surface area contributed by atoms with Gasteiger partial charge in [0.25, 0.3) is 0 Å². The molecule has 0 aliphatic rings. The number of unbranched alkanes of at least 4 members (excludes halogenated alkanes) is 3. The largest absolute Gasteiger partial charge is 0.158 e. The number of thioether (sulfide) groups is 1. The maximum atomic E-state index is 3.84. The third-order valence-corrected chi connectivity index (χ3v) is 3.91. The molecule has 0 aromatic heterocycles. The zero-order chi connectivity index (χ0) is 10.6. The molecule has 0 aromatic rings. The zero-order valence-corrected chi connectivity index (χ0v) is 10.7. The molecular weight excluding hydrogens is 188 g/mol. The maximum absolute atomic E-state index is 3.84. The van der Waals surface area contributed by atoms with Gasteiger partial charge in [0.05, 0.1) is 0 Å². The highest BCUT2D eigenvalue weighted by molar-refractivity contribution is 7.99. The first-order valence-corrected chi connectivity index (χ1v) is 7.12. The van der Waals surface area contributed by atoms with Crippen molar-refractivity contribution in [2.75, 3.05) is 5.75 Å². The third kappa shape index (κ3) is 8.68. The minimum absolute atomic E-state index is 0.837. The maximum Gasteiger partial charge on any atom is 0.00814 e. The van der Waals surface area contributed by atoms with Gasteiger partial charge >= 0.3 is 0 Å². The molecule has 0 aliphatic heterocycles. The number of rotatable bonds is 10. The van der Waals surface area contributed by atoms with Crippen LogP contribution < -0.4 is 0 Å². The van der Waals surface area contributed by atoms with Crippen LogP contribution in [0.5, 0.6) is 0 Å². The highest BCUT2D eigenvalue weighted by Gasteiger charge is 2.05. The van der Waals surface area contributed by atoms with Gasteiger partial charge in [0.2, 0.25) is 0 Å². The van der Waals surface area contributed by atoms with Crippen LogP contribution in [-0.4, -0.2) is 11.0 Å². The Bertz CT molecular complexity index is 120. The van der Waals surface area contributed by atoms with Gasteiger partial charge in [0.1, 0.15) is 0 Å². The molecule has 0 radical (unpaired) electrons. The second-order valence-corrected chi connectivity index (χ2v) is 5.27. The smallest absolute Gasteiger partial charge is 0.00814 e. The van der Waals surface area contributed by atoms with Crippen molar-refractivity contribution in [2.45, 2.75) is 64.0 Å². The van der Waals surface area contributed by atoms with E-state index in [1.54, 1.807) is 0 Å². The van der Waals surface area contributed by atoms with Crippen LogP contribution in [0.15, 0.2) is 12.7 Å². The molecule has 1 heteroatoms. The average molecular weight is 214 g/mol. The van der Waals surface area contributed by atoms with Gasteiger partial charge in [-0.05, 0) is 25.0 Å². The Labute approximate surface area is 94.6 Å². The lowest BCUT2D eigenvalue weighted by molar-refractivity contribution is 0.619. The summed E-state index contributed by atoms with van der Waals surface area (Å²) in [6.45, 7) is 8.37. The van der Waals surface area contributed by atoms with E-state index < -0.39 is 0 Å². The Kier molecular flexibility index (Phi) is 11.2. The fourth-order valence-corrected chi connectivity index (χ4v) is 2.71. The van der Waals surface area contributed by atoms with E-state index in [9.17, 15) is 0 Å². The van der Waals surface area contributed by atoms with E-state index in [2.05, 4.69) is 38.3 Å². The molecule has 0 N–H and O–H groups in total. The summed E-state index contributed by atoms with van der Waals surface area (Å²) in [6, 6.07) is 0. The van der Waals surface area contributed by atoms with Crippen molar-refractivity contribution in [3.8, 4) is 0 Å². The van der Waals surface area contributed by atoms with E-state index in [0.29, 0.717) is 0 Å². The molecule has 14 heavy (non-hydrogen) atoms. The fraction of sp³-hybridized carbons (Fsp3) is 0.846. The molecule has 0 rings (SSSR count). The van der Waals surface area contributed by atoms with E-state index in [1.807, 2.05) is 0 Å². The lowest BCUT2D eigenvalue weighted by Gasteiger charge is -2.13. The summed E-state index contributed by atoms with van der Waals surface area (Å²) in [4.78, 5) is 0. The summed E-state index contributed by atoms with van der Waals surface area (Å²) in [5.41, 5.74) is 0. The van der Waals surface area contributed by atoms with Crippen LogP contribution in [-0.2, 0) is 0 Å². The van der Waals surface area contributed by atoms with Crippen LogP contribution in [0.4, 0.5) is 0 Å². The molecule has 0 nitrogen and oxygen atoms in total. The van der Waals surface area contributed by atoms with Crippen molar-refractivity contribution in [2.24, 2.45) is 0 Å². The fourth-order valence-electron chi connectivity index (χ4n) is 1.54. The summed E-state index contributed by atoms with van der Waals surface area (Å²) in [7, 11) is 0. The summed E-state index contributed by atoms with van der Waals surface area (Å²) >= 11 is 2.13. The number of hydrogen-bond donors (Lipinski definition) is 0. The Morgan fingerprint density at radius 1 is 1.14 bits per heavy atom. The van der Waals surface area contributed by atoms with Gasteiger partial charge in [-0.15, -0.1) is 6.58 Å². The Hall–Kier alpha value is 0.0900. The SMILES string of the molecule is C=CCC(CCCCCC)SCCC. The molecule has 1 atom stereocenters. The summed E-state index contributed by atoms with van der Waals surface area (Å²) in [5.74, 6) is 1.31. The lowest BCUT2D eigenvalue weighted by Crippen LogP contribution is -2.02. The predicted molar refractivity (Wildman–Crippen MR) is 70.1 cm³/mol. The van der Waals surface area contributed by atoms with Gasteiger partial charge in [0, 0.05) is 5.25 Å². The molecule has 0 spiro atoms. The van der Waals surface area contributed by atoms with E-state index in [1.165, 1.54) is 50.7 Å². The van der Waals surface area contributed by atoms with Gasteiger partial charge < -0.3 is 0 Å². The first kappa shape index (κ1) is 14.1. The predicted octanol–water partition coefficient (Wildman–Crippen LogP) is 5.04. The van der Waals surface area contributed by atoms with Crippen LogP contribution in [0.3, 0.4) is 0 Å². The summed E-state index contributed by atoms with van der Waals surface area (Å²) in [6.07, 6.45) is 11.5. The molecule has 84 valence electrons. The summed E-state index contributed by atoms with van der Waals surface area (Å²) < 4.78 is 0. The van der Waals surface area contributed by atoms with Crippen LogP contribution in [0, 0.1) is 0 Å². The second kappa shape index (κ2) is 11.2. The van der Waals surface area contributed by atoms with Crippen molar-refractivity contribution in [3.05, 3.63) is 12.7 Å². The Morgan fingerprint density at radius 2 is 1.93 bits per heavy atom. The van der Waals surface area contributed by atoms with Gasteiger partial charge in [-0.3, -0.25) is 0 Å². The van der Waals surface area contributed by atoms with Crippen LogP contribution in [0.25, 0.3) is 0 Å². The first-order chi connectivity index (χ1) is 6.85. The molecular formula is C13H26S. The molecule has 0 aliphatic carbocycles. The van der Waals surface area contributed by atoms with E-state index in [0.717, 1.165) is 5.25 Å². The highest BCUT2D eigenvalue weighted by Crippen LogP contribution is 2.22. The third-order valence-electron chi connectivity index (χ3n) is 2.37. The van der Waals surface area contributed by atoms with Crippen molar-refractivity contribution in [1.82, 2.24) is 0 Å². The summed E-state index contributed by atoms with van der Waals surface area (Å²) in [5, 5.41) is 0.837. The second-order valence-electron chi connectivity index (χ2n) is 3.87. The van der Waals surface area contributed by atoms with Crippen LogP contribution >= 0.6 is 11.8 Å². The van der Waals surface area contributed by atoms with Gasteiger partial charge in [-0.1, -0.05) is 45.6 Å². The Morgan fingerprint density at radius 3 is 2.50 bits per heavy atom.